The Hall–Kier alpha value is -0.970. The first kappa shape index (κ1) is 16.4. The first-order chi connectivity index (χ1) is 9.95. The van der Waals surface area contributed by atoms with Crippen LogP contribution in [0.25, 0.3) is 0 Å². The summed E-state index contributed by atoms with van der Waals surface area (Å²) < 4.78 is 25.0. The lowest BCUT2D eigenvalue weighted by Crippen LogP contribution is -2.52. The molecule has 0 spiro atoms. The molecule has 1 aliphatic heterocycles. The Morgan fingerprint density at radius 3 is 2.33 bits per heavy atom. The van der Waals surface area contributed by atoms with Crippen molar-refractivity contribution < 1.29 is 13.9 Å². The summed E-state index contributed by atoms with van der Waals surface area (Å²) in [5.74, 6) is -0.712. The second-order valence-corrected chi connectivity index (χ2v) is 6.66. The topological polar surface area (TPSA) is 30.5 Å². The highest BCUT2D eigenvalue weighted by molar-refractivity contribution is 5.16. The Morgan fingerprint density at radius 2 is 1.76 bits per heavy atom. The fourth-order valence-corrected chi connectivity index (χ4v) is 2.55. The predicted octanol–water partition coefficient (Wildman–Crippen LogP) is 3.14. The molecule has 0 amide bonds. The van der Waals surface area contributed by atoms with E-state index in [2.05, 4.69) is 19.2 Å². The monoisotopic (exact) mass is 295 g/mol. The second-order valence-electron chi connectivity index (χ2n) is 6.66. The molecule has 1 heterocycles. The van der Waals surface area contributed by atoms with Gasteiger partial charge in [0.25, 0.3) is 0 Å². The van der Waals surface area contributed by atoms with Crippen LogP contribution < -0.4 is 5.32 Å². The summed E-state index contributed by atoms with van der Waals surface area (Å²) in [7, 11) is 1.91. The number of halogens is 1. The van der Waals surface area contributed by atoms with Gasteiger partial charge in [0.15, 0.2) is 5.79 Å². The molecule has 1 aromatic rings. The molecular formula is C17H26FNO2. The summed E-state index contributed by atoms with van der Waals surface area (Å²) in [4.78, 5) is 0. The Bertz CT molecular complexity index is 435. The number of aryl methyl sites for hydroxylation is 1. The molecule has 0 aromatic heterocycles. The molecule has 1 aromatic carbocycles. The second kappa shape index (κ2) is 6.86. The van der Waals surface area contributed by atoms with Gasteiger partial charge in [0.2, 0.25) is 0 Å². The molecule has 0 unspecified atom stereocenters. The van der Waals surface area contributed by atoms with Gasteiger partial charge in [-0.1, -0.05) is 26.0 Å². The Morgan fingerprint density at radius 1 is 1.14 bits per heavy atom. The molecule has 0 atom stereocenters. The van der Waals surface area contributed by atoms with Crippen molar-refractivity contribution in [2.45, 2.75) is 38.9 Å². The largest absolute Gasteiger partial charge is 0.348 e. The molecule has 1 fully saturated rings. The zero-order valence-corrected chi connectivity index (χ0v) is 13.2. The summed E-state index contributed by atoms with van der Waals surface area (Å²) in [5.41, 5.74) is 1.22. The first-order valence-corrected chi connectivity index (χ1v) is 7.62. The van der Waals surface area contributed by atoms with E-state index in [1.54, 1.807) is 0 Å². The van der Waals surface area contributed by atoms with Crippen molar-refractivity contribution in [3.8, 4) is 0 Å². The molecule has 3 nitrogen and oxygen atoms in total. The fraction of sp³-hybridized carbons (Fsp3) is 0.647. The van der Waals surface area contributed by atoms with E-state index in [0.717, 1.165) is 24.8 Å². The van der Waals surface area contributed by atoms with Gasteiger partial charge in [-0.05, 0) is 37.6 Å². The van der Waals surface area contributed by atoms with E-state index in [0.29, 0.717) is 19.8 Å². The smallest absolute Gasteiger partial charge is 0.180 e. The van der Waals surface area contributed by atoms with Crippen LogP contribution in [-0.2, 0) is 15.9 Å². The van der Waals surface area contributed by atoms with Gasteiger partial charge in [0.05, 0.1) is 13.2 Å². The molecule has 4 heteroatoms. The van der Waals surface area contributed by atoms with E-state index < -0.39 is 5.79 Å². The number of benzene rings is 1. The minimum Gasteiger partial charge on any atom is -0.348 e. The molecule has 1 N–H and O–H groups in total. The molecule has 21 heavy (non-hydrogen) atoms. The van der Waals surface area contributed by atoms with E-state index in [1.165, 1.54) is 12.1 Å². The van der Waals surface area contributed by atoms with Crippen LogP contribution in [-0.4, -0.2) is 32.6 Å². The highest BCUT2D eigenvalue weighted by Gasteiger charge is 2.39. The maximum Gasteiger partial charge on any atom is 0.180 e. The number of likely N-dealkylation sites (N-methyl/N-ethyl adjacent to an activating group) is 1. The van der Waals surface area contributed by atoms with E-state index in [-0.39, 0.29) is 11.2 Å². The minimum absolute atomic E-state index is 0.0776. The van der Waals surface area contributed by atoms with Crippen LogP contribution in [0.5, 0.6) is 0 Å². The number of hydrogen-bond donors (Lipinski definition) is 1. The van der Waals surface area contributed by atoms with Gasteiger partial charge in [-0.25, -0.2) is 4.39 Å². The van der Waals surface area contributed by atoms with Gasteiger partial charge in [-0.2, -0.15) is 0 Å². The Labute approximate surface area is 126 Å². The minimum atomic E-state index is -0.524. The van der Waals surface area contributed by atoms with Crippen LogP contribution in [0.4, 0.5) is 4.39 Å². The van der Waals surface area contributed by atoms with Crippen LogP contribution in [0.3, 0.4) is 0 Å². The molecule has 1 saturated heterocycles. The quantitative estimate of drug-likeness (QED) is 0.874. The zero-order valence-electron chi connectivity index (χ0n) is 13.2. The summed E-state index contributed by atoms with van der Waals surface area (Å²) in [5, 5.41) is 3.16. The zero-order chi connectivity index (χ0) is 15.3. The highest BCUT2D eigenvalue weighted by atomic mass is 19.1. The van der Waals surface area contributed by atoms with E-state index >= 15 is 0 Å². The van der Waals surface area contributed by atoms with Gasteiger partial charge in [-0.15, -0.1) is 0 Å². The highest BCUT2D eigenvalue weighted by Crippen LogP contribution is 2.32. The third-order valence-electron chi connectivity index (χ3n) is 3.83. The molecule has 1 aliphatic rings. The average Bonchev–Trinajstić information content (AvgIpc) is 2.45. The van der Waals surface area contributed by atoms with Crippen LogP contribution >= 0.6 is 0 Å². The summed E-state index contributed by atoms with van der Waals surface area (Å²) in [6.45, 7) is 6.41. The van der Waals surface area contributed by atoms with Crippen molar-refractivity contribution in [3.63, 3.8) is 0 Å². The standard InChI is InChI=1S/C17H26FNO2/c1-16(2)12-20-17(11-19-3,21-13-16)10-4-5-14-6-8-15(18)9-7-14/h6-9,19H,4-5,10-13H2,1-3H3. The van der Waals surface area contributed by atoms with Gasteiger partial charge >= 0.3 is 0 Å². The number of ether oxygens (including phenoxy) is 2. The Kier molecular flexibility index (Phi) is 5.36. The fourth-order valence-electron chi connectivity index (χ4n) is 2.55. The average molecular weight is 295 g/mol. The van der Waals surface area contributed by atoms with E-state index in [9.17, 15) is 4.39 Å². The normalized spacial score (nSPS) is 20.4. The van der Waals surface area contributed by atoms with Gasteiger partial charge < -0.3 is 14.8 Å². The van der Waals surface area contributed by atoms with Crippen molar-refractivity contribution in [2.24, 2.45) is 5.41 Å². The van der Waals surface area contributed by atoms with Crippen molar-refractivity contribution in [2.75, 3.05) is 26.8 Å². The summed E-state index contributed by atoms with van der Waals surface area (Å²) in [6, 6.07) is 6.70. The lowest BCUT2D eigenvalue weighted by atomic mass is 9.93. The van der Waals surface area contributed by atoms with Crippen LogP contribution in [0.2, 0.25) is 0 Å². The molecule has 0 bridgehead atoms. The molecule has 2 rings (SSSR count). The van der Waals surface area contributed by atoms with Crippen LogP contribution in [0.15, 0.2) is 24.3 Å². The maximum atomic E-state index is 12.9. The van der Waals surface area contributed by atoms with Crippen LogP contribution in [0.1, 0.15) is 32.3 Å². The Balaban J connectivity index is 1.87. The number of hydrogen-bond acceptors (Lipinski definition) is 3. The molecule has 0 radical (unpaired) electrons. The molecular weight excluding hydrogens is 269 g/mol. The third-order valence-corrected chi connectivity index (χ3v) is 3.83. The van der Waals surface area contributed by atoms with Crippen molar-refractivity contribution in [1.29, 1.82) is 0 Å². The van der Waals surface area contributed by atoms with Gasteiger partial charge in [0.1, 0.15) is 5.82 Å². The van der Waals surface area contributed by atoms with Gasteiger partial charge in [0, 0.05) is 18.4 Å². The third kappa shape index (κ3) is 4.77. The van der Waals surface area contributed by atoms with Crippen LogP contribution in [0, 0.1) is 11.2 Å². The summed E-state index contributed by atoms with van der Waals surface area (Å²) in [6.07, 6.45) is 2.69. The number of nitrogens with one attached hydrogen (secondary N) is 1. The lowest BCUT2D eigenvalue weighted by Gasteiger charge is -2.43. The molecule has 118 valence electrons. The van der Waals surface area contributed by atoms with Crippen molar-refractivity contribution >= 4 is 0 Å². The maximum absolute atomic E-state index is 12.9. The SMILES string of the molecule is CNCC1(CCCc2ccc(F)cc2)OCC(C)(C)CO1. The van der Waals surface area contributed by atoms with Gasteiger partial charge in [-0.3, -0.25) is 0 Å². The molecule has 0 saturated carbocycles. The molecule has 0 aliphatic carbocycles. The summed E-state index contributed by atoms with van der Waals surface area (Å²) >= 11 is 0. The van der Waals surface area contributed by atoms with Crippen molar-refractivity contribution in [1.82, 2.24) is 5.32 Å². The predicted molar refractivity (Wildman–Crippen MR) is 81.7 cm³/mol. The van der Waals surface area contributed by atoms with Crippen molar-refractivity contribution in [3.05, 3.63) is 35.6 Å². The van der Waals surface area contributed by atoms with E-state index in [1.807, 2.05) is 19.2 Å². The number of rotatable bonds is 6. The first-order valence-electron chi connectivity index (χ1n) is 7.62. The van der Waals surface area contributed by atoms with E-state index in [4.69, 9.17) is 9.47 Å². The lowest BCUT2D eigenvalue weighted by molar-refractivity contribution is -0.298.